The maximum atomic E-state index is 11.9. The van der Waals surface area contributed by atoms with Crippen molar-refractivity contribution in [2.24, 2.45) is 16.8 Å². The highest BCUT2D eigenvalue weighted by molar-refractivity contribution is 5.86. The maximum absolute atomic E-state index is 11.9. The average Bonchev–Trinajstić information content (AvgIpc) is 3.21. The van der Waals surface area contributed by atoms with Crippen LogP contribution < -0.4 is 10.6 Å². The molecule has 136 valence electrons. The van der Waals surface area contributed by atoms with Crippen LogP contribution in [0, 0.1) is 18.8 Å². The van der Waals surface area contributed by atoms with Crippen molar-refractivity contribution in [2.75, 3.05) is 20.6 Å². The Hall–Kier alpha value is -2.04. The van der Waals surface area contributed by atoms with Crippen molar-refractivity contribution in [3.63, 3.8) is 0 Å². The Kier molecular flexibility index (Phi) is 5.61. The van der Waals surface area contributed by atoms with Crippen molar-refractivity contribution in [3.05, 3.63) is 35.4 Å². The van der Waals surface area contributed by atoms with Crippen LogP contribution in [0.5, 0.6) is 0 Å². The van der Waals surface area contributed by atoms with Crippen LogP contribution in [0.3, 0.4) is 0 Å². The number of hydrogen-bond donors (Lipinski definition) is 2. The average molecular weight is 342 g/mol. The second-order valence-electron chi connectivity index (χ2n) is 7.66. The predicted molar refractivity (Wildman–Crippen MR) is 101 cm³/mol. The van der Waals surface area contributed by atoms with Crippen LogP contribution in [0.1, 0.15) is 36.8 Å². The van der Waals surface area contributed by atoms with Crippen molar-refractivity contribution < 1.29 is 4.79 Å². The predicted octanol–water partition coefficient (Wildman–Crippen LogP) is 2.31. The van der Waals surface area contributed by atoms with E-state index in [2.05, 4.69) is 29.7 Å². The van der Waals surface area contributed by atoms with E-state index in [1.165, 1.54) is 36.8 Å². The molecule has 0 aliphatic heterocycles. The van der Waals surface area contributed by atoms with Crippen LogP contribution in [-0.2, 0) is 11.3 Å². The second-order valence-corrected chi connectivity index (χ2v) is 7.66. The molecule has 2 aliphatic rings. The molecule has 3 unspecified atom stereocenters. The molecule has 1 aromatic carbocycles. The zero-order chi connectivity index (χ0) is 17.8. The van der Waals surface area contributed by atoms with Gasteiger partial charge in [-0.05, 0) is 49.1 Å². The highest BCUT2D eigenvalue weighted by atomic mass is 16.2. The lowest BCUT2D eigenvalue weighted by Gasteiger charge is -2.25. The molecule has 0 radical (unpaired) electrons. The second kappa shape index (κ2) is 7.89. The van der Waals surface area contributed by atoms with Gasteiger partial charge in [0.05, 0.1) is 13.1 Å². The first kappa shape index (κ1) is 17.8. The molecule has 0 heterocycles. The fraction of sp³-hybridized carbons (Fsp3) is 0.600. The molecular formula is C20H30N4O. The number of aliphatic imine (C=N–C) groups is 1. The van der Waals surface area contributed by atoms with Crippen LogP contribution in [0.2, 0.25) is 0 Å². The molecule has 3 rings (SSSR count). The third-order valence-corrected chi connectivity index (χ3v) is 5.63. The van der Waals surface area contributed by atoms with E-state index < -0.39 is 0 Å². The van der Waals surface area contributed by atoms with E-state index in [-0.39, 0.29) is 12.5 Å². The monoisotopic (exact) mass is 342 g/mol. The quantitative estimate of drug-likeness (QED) is 0.638. The molecule has 1 aromatic rings. The van der Waals surface area contributed by atoms with Gasteiger partial charge >= 0.3 is 0 Å². The van der Waals surface area contributed by atoms with Gasteiger partial charge in [-0.3, -0.25) is 4.79 Å². The van der Waals surface area contributed by atoms with E-state index in [4.69, 9.17) is 4.99 Å². The third kappa shape index (κ3) is 4.53. The van der Waals surface area contributed by atoms with Crippen LogP contribution in [0.4, 0.5) is 0 Å². The Bertz CT molecular complexity index is 640. The van der Waals surface area contributed by atoms with Crippen LogP contribution in [-0.4, -0.2) is 43.4 Å². The molecule has 2 saturated carbocycles. The Labute approximate surface area is 150 Å². The number of likely N-dealkylation sites (N-methyl/N-ethyl adjacent to an activating group) is 1. The molecule has 0 saturated heterocycles. The van der Waals surface area contributed by atoms with Gasteiger partial charge in [-0.15, -0.1) is 0 Å². The molecular weight excluding hydrogens is 312 g/mol. The Morgan fingerprint density at radius 3 is 2.68 bits per heavy atom. The minimum Gasteiger partial charge on any atom is -0.353 e. The maximum Gasteiger partial charge on any atom is 0.241 e. The smallest absolute Gasteiger partial charge is 0.241 e. The standard InChI is InChI=1S/C20H30N4O/c1-14-6-4-5-7-17(14)12-21-20(22-13-19(25)24(2)3)23-18-11-15-8-9-16(18)10-15/h4-7,15-16,18H,8-13H2,1-3H3,(H2,21,22,23). The molecule has 2 aliphatic carbocycles. The summed E-state index contributed by atoms with van der Waals surface area (Å²) in [4.78, 5) is 18.3. The minimum absolute atomic E-state index is 0.0540. The molecule has 3 atom stereocenters. The Balaban J connectivity index is 1.66. The first-order valence-electron chi connectivity index (χ1n) is 9.32. The Morgan fingerprint density at radius 1 is 1.24 bits per heavy atom. The fourth-order valence-corrected chi connectivity index (χ4v) is 4.02. The number of benzene rings is 1. The summed E-state index contributed by atoms with van der Waals surface area (Å²) >= 11 is 0. The normalized spacial score (nSPS) is 25.1. The topological polar surface area (TPSA) is 56.7 Å². The number of carbonyl (C=O) groups excluding carboxylic acids is 1. The van der Waals surface area contributed by atoms with E-state index in [1.807, 2.05) is 12.1 Å². The number of aryl methyl sites for hydroxylation is 1. The van der Waals surface area contributed by atoms with E-state index in [0.717, 1.165) is 17.8 Å². The zero-order valence-electron chi connectivity index (χ0n) is 15.6. The van der Waals surface area contributed by atoms with Gasteiger partial charge in [0, 0.05) is 20.1 Å². The highest BCUT2D eigenvalue weighted by Gasteiger charge is 2.39. The van der Waals surface area contributed by atoms with E-state index in [0.29, 0.717) is 12.6 Å². The molecule has 1 amide bonds. The van der Waals surface area contributed by atoms with Crippen LogP contribution in [0.15, 0.2) is 29.3 Å². The van der Waals surface area contributed by atoms with Gasteiger partial charge < -0.3 is 15.5 Å². The van der Waals surface area contributed by atoms with Gasteiger partial charge in [-0.25, -0.2) is 4.99 Å². The van der Waals surface area contributed by atoms with Crippen molar-refractivity contribution in [3.8, 4) is 0 Å². The number of guanidine groups is 1. The number of amides is 1. The molecule has 2 fully saturated rings. The number of nitrogens with one attached hydrogen (secondary N) is 2. The van der Waals surface area contributed by atoms with E-state index in [9.17, 15) is 4.79 Å². The molecule has 5 heteroatoms. The summed E-state index contributed by atoms with van der Waals surface area (Å²) in [5.74, 6) is 2.46. The molecule has 0 spiro atoms. The lowest BCUT2D eigenvalue weighted by atomic mass is 9.95. The number of fused-ring (bicyclic) bond motifs is 2. The number of nitrogens with zero attached hydrogens (tertiary/aromatic N) is 2. The van der Waals surface area contributed by atoms with Gasteiger partial charge in [-0.2, -0.15) is 0 Å². The number of hydrogen-bond acceptors (Lipinski definition) is 2. The lowest BCUT2D eigenvalue weighted by molar-refractivity contribution is -0.127. The third-order valence-electron chi connectivity index (χ3n) is 5.63. The molecule has 2 bridgehead atoms. The van der Waals surface area contributed by atoms with Gasteiger partial charge in [0.15, 0.2) is 5.96 Å². The summed E-state index contributed by atoms with van der Waals surface area (Å²) in [6, 6.07) is 8.81. The van der Waals surface area contributed by atoms with Crippen molar-refractivity contribution >= 4 is 11.9 Å². The molecule has 5 nitrogen and oxygen atoms in total. The van der Waals surface area contributed by atoms with Crippen molar-refractivity contribution in [1.82, 2.24) is 15.5 Å². The summed E-state index contributed by atoms with van der Waals surface area (Å²) in [7, 11) is 3.55. The SMILES string of the molecule is Cc1ccccc1CN=C(NCC(=O)N(C)C)NC1CC2CCC1C2. The Morgan fingerprint density at radius 2 is 2.04 bits per heavy atom. The summed E-state index contributed by atoms with van der Waals surface area (Å²) in [5, 5.41) is 6.82. The summed E-state index contributed by atoms with van der Waals surface area (Å²) in [6.45, 7) is 3.00. The number of carbonyl (C=O) groups is 1. The highest BCUT2D eigenvalue weighted by Crippen LogP contribution is 2.44. The molecule has 2 N–H and O–H groups in total. The molecule has 0 aromatic heterocycles. The summed E-state index contributed by atoms with van der Waals surface area (Å²) in [6.07, 6.45) is 5.28. The molecule has 25 heavy (non-hydrogen) atoms. The summed E-state index contributed by atoms with van der Waals surface area (Å²) < 4.78 is 0. The van der Waals surface area contributed by atoms with Crippen molar-refractivity contribution in [1.29, 1.82) is 0 Å². The summed E-state index contributed by atoms with van der Waals surface area (Å²) in [5.41, 5.74) is 2.46. The van der Waals surface area contributed by atoms with Gasteiger partial charge in [0.2, 0.25) is 5.91 Å². The zero-order valence-corrected chi connectivity index (χ0v) is 15.6. The van der Waals surface area contributed by atoms with Crippen molar-refractivity contribution in [2.45, 2.75) is 45.2 Å². The van der Waals surface area contributed by atoms with Crippen LogP contribution >= 0.6 is 0 Å². The first-order chi connectivity index (χ1) is 12.0. The number of rotatable bonds is 5. The lowest BCUT2D eigenvalue weighted by Crippen LogP contribution is -2.48. The fourth-order valence-electron chi connectivity index (χ4n) is 4.02. The van der Waals surface area contributed by atoms with E-state index >= 15 is 0 Å². The largest absolute Gasteiger partial charge is 0.353 e. The van der Waals surface area contributed by atoms with Gasteiger partial charge in [0.25, 0.3) is 0 Å². The minimum atomic E-state index is 0.0540. The van der Waals surface area contributed by atoms with Gasteiger partial charge in [0.1, 0.15) is 0 Å². The van der Waals surface area contributed by atoms with Gasteiger partial charge in [-0.1, -0.05) is 30.7 Å². The first-order valence-corrected chi connectivity index (χ1v) is 9.32. The van der Waals surface area contributed by atoms with E-state index in [1.54, 1.807) is 19.0 Å². The van der Waals surface area contributed by atoms with Crippen LogP contribution in [0.25, 0.3) is 0 Å².